The third kappa shape index (κ3) is 6.08. The number of aromatic nitrogens is 2. The Hall–Kier alpha value is -2.38. The van der Waals surface area contributed by atoms with Gasteiger partial charge in [0, 0.05) is 36.7 Å². The van der Waals surface area contributed by atoms with E-state index in [0.717, 1.165) is 57.7 Å². The molecule has 1 saturated heterocycles. The van der Waals surface area contributed by atoms with Crippen molar-refractivity contribution >= 4 is 17.3 Å². The molecule has 1 saturated carbocycles. The van der Waals surface area contributed by atoms with Gasteiger partial charge in [-0.25, -0.2) is 4.98 Å². The third-order valence-electron chi connectivity index (χ3n) is 6.44. The number of anilines is 3. The van der Waals surface area contributed by atoms with Crippen molar-refractivity contribution in [3.05, 3.63) is 36.5 Å². The van der Waals surface area contributed by atoms with Crippen LogP contribution in [0.2, 0.25) is 0 Å². The summed E-state index contributed by atoms with van der Waals surface area (Å²) in [5.41, 5.74) is 1.56. The summed E-state index contributed by atoms with van der Waals surface area (Å²) >= 11 is 0. The van der Waals surface area contributed by atoms with Crippen molar-refractivity contribution in [3.8, 4) is 5.88 Å². The van der Waals surface area contributed by atoms with Crippen LogP contribution in [0.3, 0.4) is 0 Å². The second-order valence-corrected chi connectivity index (χ2v) is 9.17. The Balaban J connectivity index is 1.27. The van der Waals surface area contributed by atoms with Crippen molar-refractivity contribution in [2.45, 2.75) is 45.1 Å². The lowest BCUT2D eigenvalue weighted by Crippen LogP contribution is -2.36. The Morgan fingerprint density at radius 2 is 1.81 bits per heavy atom. The van der Waals surface area contributed by atoms with Crippen LogP contribution in [0, 0.1) is 11.8 Å². The van der Waals surface area contributed by atoms with Gasteiger partial charge >= 0.3 is 0 Å². The van der Waals surface area contributed by atoms with E-state index in [0.29, 0.717) is 30.3 Å². The number of hydrogen-bond acceptors (Lipinski definition) is 7. The number of aliphatic hydroxyl groups is 1. The van der Waals surface area contributed by atoms with Crippen LogP contribution in [-0.2, 0) is 4.74 Å². The monoisotopic (exact) mass is 426 g/mol. The molecular formula is C24H34N4O3. The summed E-state index contributed by atoms with van der Waals surface area (Å²) in [6, 6.07) is 10.1. The molecule has 0 bridgehead atoms. The summed E-state index contributed by atoms with van der Waals surface area (Å²) < 4.78 is 11.4. The highest BCUT2D eigenvalue weighted by molar-refractivity contribution is 5.59. The van der Waals surface area contributed by atoms with Crippen LogP contribution < -0.4 is 15.0 Å². The maximum Gasteiger partial charge on any atom is 0.230 e. The maximum atomic E-state index is 10.2. The van der Waals surface area contributed by atoms with Crippen LogP contribution in [0.1, 0.15) is 39.5 Å². The van der Waals surface area contributed by atoms with Gasteiger partial charge in [-0.15, -0.1) is 0 Å². The van der Waals surface area contributed by atoms with Crippen molar-refractivity contribution in [2.24, 2.45) is 11.8 Å². The molecule has 7 nitrogen and oxygen atoms in total. The van der Waals surface area contributed by atoms with Gasteiger partial charge in [0.2, 0.25) is 11.8 Å². The Morgan fingerprint density at radius 1 is 1.10 bits per heavy atom. The van der Waals surface area contributed by atoms with Gasteiger partial charge in [0.05, 0.1) is 25.4 Å². The van der Waals surface area contributed by atoms with E-state index in [-0.39, 0.29) is 0 Å². The van der Waals surface area contributed by atoms with E-state index in [9.17, 15) is 5.11 Å². The molecule has 0 unspecified atom stereocenters. The van der Waals surface area contributed by atoms with Gasteiger partial charge in [0.1, 0.15) is 0 Å². The Kier molecular flexibility index (Phi) is 6.92. The molecule has 0 spiro atoms. The number of benzene rings is 1. The van der Waals surface area contributed by atoms with Crippen LogP contribution in [-0.4, -0.2) is 53.6 Å². The summed E-state index contributed by atoms with van der Waals surface area (Å²) in [6.07, 6.45) is 5.99. The Bertz CT molecular complexity index is 823. The van der Waals surface area contributed by atoms with Gasteiger partial charge in [0.15, 0.2) is 0 Å². The highest BCUT2D eigenvalue weighted by atomic mass is 16.5. The van der Waals surface area contributed by atoms with Crippen LogP contribution in [0.4, 0.5) is 17.3 Å². The summed E-state index contributed by atoms with van der Waals surface area (Å²) in [5.74, 6) is 2.01. The normalized spacial score (nSPS) is 22.2. The highest BCUT2D eigenvalue weighted by Gasteiger charge is 2.31. The molecule has 2 fully saturated rings. The third-order valence-corrected chi connectivity index (χ3v) is 6.44. The number of hydrogen-bond donors (Lipinski definition) is 2. The molecule has 2 aliphatic rings. The molecule has 2 aromatic rings. The summed E-state index contributed by atoms with van der Waals surface area (Å²) in [5, 5.41) is 13.5. The standard InChI is InChI=1S/C24H34N4O3/c1-24(2,29)19-5-3-18(4-6-19)17-31-22-11-12-25-23(27-22)26-20-7-9-21(10-8-20)28-13-15-30-16-14-28/h7-12,18-19,29H,3-6,13-17H2,1-2H3,(H,25,26,27)/t18-,19-. The van der Waals surface area contributed by atoms with Gasteiger partial charge in [-0.2, -0.15) is 4.98 Å². The molecule has 0 atom stereocenters. The van der Waals surface area contributed by atoms with E-state index < -0.39 is 5.60 Å². The molecule has 1 aliphatic carbocycles. The fourth-order valence-corrected chi connectivity index (χ4v) is 4.43. The summed E-state index contributed by atoms with van der Waals surface area (Å²) in [4.78, 5) is 11.2. The molecule has 1 aliphatic heterocycles. The molecular weight excluding hydrogens is 392 g/mol. The van der Waals surface area contributed by atoms with Gasteiger partial charge in [0.25, 0.3) is 0 Å². The molecule has 1 aromatic heterocycles. The highest BCUT2D eigenvalue weighted by Crippen LogP contribution is 2.35. The van der Waals surface area contributed by atoms with Crippen molar-refractivity contribution < 1.29 is 14.6 Å². The first-order valence-corrected chi connectivity index (χ1v) is 11.4. The topological polar surface area (TPSA) is 79.7 Å². The van der Waals surface area contributed by atoms with E-state index >= 15 is 0 Å². The Morgan fingerprint density at radius 3 is 2.48 bits per heavy atom. The van der Waals surface area contributed by atoms with Crippen LogP contribution in [0.5, 0.6) is 5.88 Å². The van der Waals surface area contributed by atoms with E-state index in [1.165, 1.54) is 5.69 Å². The van der Waals surface area contributed by atoms with Crippen LogP contribution in [0.15, 0.2) is 36.5 Å². The van der Waals surface area contributed by atoms with Crippen LogP contribution >= 0.6 is 0 Å². The average Bonchev–Trinajstić information content (AvgIpc) is 2.79. The average molecular weight is 427 g/mol. The molecule has 2 heterocycles. The van der Waals surface area contributed by atoms with Crippen LogP contribution in [0.25, 0.3) is 0 Å². The molecule has 31 heavy (non-hydrogen) atoms. The molecule has 7 heteroatoms. The SMILES string of the molecule is CC(C)(O)[C@H]1CC[C@H](COc2ccnc(Nc3ccc(N4CCOCC4)cc3)n2)CC1. The lowest BCUT2D eigenvalue weighted by atomic mass is 9.75. The molecule has 168 valence electrons. The van der Waals surface area contributed by atoms with Gasteiger partial charge in [-0.1, -0.05) is 0 Å². The fourth-order valence-electron chi connectivity index (χ4n) is 4.43. The molecule has 0 radical (unpaired) electrons. The van der Waals surface area contributed by atoms with Crippen molar-refractivity contribution in [1.82, 2.24) is 9.97 Å². The predicted molar refractivity (Wildman–Crippen MR) is 122 cm³/mol. The fraction of sp³-hybridized carbons (Fsp3) is 0.583. The predicted octanol–water partition coefficient (Wildman–Crippen LogP) is 4.01. The molecule has 1 aromatic carbocycles. The maximum absolute atomic E-state index is 10.2. The Labute approximate surface area is 184 Å². The zero-order valence-electron chi connectivity index (χ0n) is 18.6. The number of rotatable bonds is 7. The first-order chi connectivity index (χ1) is 15.0. The minimum absolute atomic E-state index is 0.383. The second-order valence-electron chi connectivity index (χ2n) is 9.17. The first-order valence-electron chi connectivity index (χ1n) is 11.4. The lowest BCUT2D eigenvalue weighted by molar-refractivity contribution is -0.00912. The smallest absolute Gasteiger partial charge is 0.230 e. The van der Waals surface area contributed by atoms with Gasteiger partial charge < -0.3 is 24.8 Å². The van der Waals surface area contributed by atoms with E-state index in [1.54, 1.807) is 12.3 Å². The number of ether oxygens (including phenoxy) is 2. The van der Waals surface area contributed by atoms with E-state index in [4.69, 9.17) is 9.47 Å². The lowest BCUT2D eigenvalue weighted by Gasteiger charge is -2.35. The first kappa shape index (κ1) is 21.8. The van der Waals surface area contributed by atoms with E-state index in [2.05, 4.69) is 32.3 Å². The molecule has 2 N–H and O–H groups in total. The van der Waals surface area contributed by atoms with E-state index in [1.807, 2.05) is 26.0 Å². The number of nitrogens with one attached hydrogen (secondary N) is 1. The molecule has 4 rings (SSSR count). The summed E-state index contributed by atoms with van der Waals surface area (Å²) in [7, 11) is 0. The zero-order chi connectivity index (χ0) is 21.7. The van der Waals surface area contributed by atoms with Crippen molar-refractivity contribution in [1.29, 1.82) is 0 Å². The second kappa shape index (κ2) is 9.83. The van der Waals surface area contributed by atoms with Gasteiger partial charge in [-0.05, 0) is 75.6 Å². The van der Waals surface area contributed by atoms with Crippen molar-refractivity contribution in [2.75, 3.05) is 43.1 Å². The van der Waals surface area contributed by atoms with Gasteiger partial charge in [-0.3, -0.25) is 0 Å². The minimum Gasteiger partial charge on any atom is -0.477 e. The minimum atomic E-state index is -0.584. The molecule has 0 amide bonds. The largest absolute Gasteiger partial charge is 0.477 e. The van der Waals surface area contributed by atoms with Crippen molar-refractivity contribution in [3.63, 3.8) is 0 Å². The number of nitrogens with zero attached hydrogens (tertiary/aromatic N) is 3. The number of morpholine rings is 1. The zero-order valence-corrected chi connectivity index (χ0v) is 18.6. The quantitative estimate of drug-likeness (QED) is 0.692. The summed E-state index contributed by atoms with van der Waals surface area (Å²) in [6.45, 7) is 7.90.